The predicted molar refractivity (Wildman–Crippen MR) is 128 cm³/mol. The van der Waals surface area contributed by atoms with E-state index in [4.69, 9.17) is 11.6 Å². The molecule has 1 aliphatic heterocycles. The maximum Gasteiger partial charge on any atom is 0.255 e. The van der Waals surface area contributed by atoms with Crippen LogP contribution in [-0.2, 0) is 6.54 Å². The van der Waals surface area contributed by atoms with Crippen LogP contribution in [0.2, 0.25) is 5.02 Å². The Bertz CT molecular complexity index is 1110. The third kappa shape index (κ3) is 6.18. The number of hydrogen-bond donors (Lipinski definition) is 2. The van der Waals surface area contributed by atoms with Gasteiger partial charge in [0.25, 0.3) is 11.8 Å². The second-order valence-corrected chi connectivity index (χ2v) is 8.60. The summed E-state index contributed by atoms with van der Waals surface area (Å²) in [5, 5.41) is 6.21. The smallest absolute Gasteiger partial charge is 0.255 e. The number of carbonyl (C=O) groups excluding carboxylic acids is 2. The molecule has 0 unspecified atom stereocenters. The van der Waals surface area contributed by atoms with Crippen molar-refractivity contribution in [2.45, 2.75) is 25.4 Å². The molecule has 0 spiro atoms. The van der Waals surface area contributed by atoms with Gasteiger partial charge in [0.05, 0.1) is 11.3 Å². The predicted octanol–water partition coefficient (Wildman–Crippen LogP) is 5.13. The van der Waals surface area contributed by atoms with Crippen LogP contribution in [0.4, 0.5) is 10.1 Å². The number of nitrogens with zero attached hydrogens (tertiary/aromatic N) is 1. The van der Waals surface area contributed by atoms with E-state index in [1.165, 1.54) is 29.8 Å². The van der Waals surface area contributed by atoms with E-state index in [9.17, 15) is 14.0 Å². The van der Waals surface area contributed by atoms with Crippen LogP contribution in [-0.4, -0.2) is 35.8 Å². The molecule has 0 aromatic heterocycles. The van der Waals surface area contributed by atoms with Gasteiger partial charge in [-0.25, -0.2) is 4.39 Å². The quantitative estimate of drug-likeness (QED) is 0.530. The minimum atomic E-state index is -0.444. The molecular formula is C26H25ClFN3O2. The van der Waals surface area contributed by atoms with Crippen molar-refractivity contribution in [3.63, 3.8) is 0 Å². The number of anilines is 1. The standard InChI is InChI=1S/C26H25ClFN3O2/c27-20-8-11-23(24(16-20)30-25(32)19-6-9-21(28)10-7-19)26(33)29-22-12-14-31(15-13-22)17-18-4-2-1-3-5-18/h1-11,16,22H,12-15,17H2,(H,29,33)(H,30,32). The molecule has 5 nitrogen and oxygen atoms in total. The number of amides is 2. The summed E-state index contributed by atoms with van der Waals surface area (Å²) < 4.78 is 13.2. The van der Waals surface area contributed by atoms with Crippen LogP contribution in [0.5, 0.6) is 0 Å². The molecule has 0 aliphatic carbocycles. The fraction of sp³-hybridized carbons (Fsp3) is 0.231. The summed E-state index contributed by atoms with van der Waals surface area (Å²) in [5.41, 5.74) is 2.22. The van der Waals surface area contributed by atoms with Crippen molar-refractivity contribution in [2.75, 3.05) is 18.4 Å². The van der Waals surface area contributed by atoms with Crippen LogP contribution in [0, 0.1) is 5.82 Å². The molecule has 3 aromatic carbocycles. The van der Waals surface area contributed by atoms with Gasteiger partial charge in [-0.1, -0.05) is 41.9 Å². The minimum Gasteiger partial charge on any atom is -0.349 e. The molecule has 0 radical (unpaired) electrons. The van der Waals surface area contributed by atoms with Gasteiger partial charge in [0.1, 0.15) is 5.82 Å². The molecule has 1 saturated heterocycles. The average Bonchev–Trinajstić information content (AvgIpc) is 2.81. The highest BCUT2D eigenvalue weighted by Gasteiger charge is 2.23. The van der Waals surface area contributed by atoms with E-state index >= 15 is 0 Å². The van der Waals surface area contributed by atoms with Crippen molar-refractivity contribution >= 4 is 29.1 Å². The first-order chi connectivity index (χ1) is 16.0. The van der Waals surface area contributed by atoms with E-state index in [2.05, 4.69) is 27.7 Å². The first kappa shape index (κ1) is 23.0. The third-order valence-electron chi connectivity index (χ3n) is 5.75. The van der Waals surface area contributed by atoms with Gasteiger partial charge in [0.2, 0.25) is 0 Å². The fourth-order valence-electron chi connectivity index (χ4n) is 3.95. The Labute approximate surface area is 197 Å². The summed E-state index contributed by atoms with van der Waals surface area (Å²) in [5.74, 6) is -1.13. The van der Waals surface area contributed by atoms with Crippen LogP contribution >= 0.6 is 11.6 Å². The van der Waals surface area contributed by atoms with Crippen LogP contribution in [0.3, 0.4) is 0 Å². The van der Waals surface area contributed by atoms with E-state index in [1.807, 2.05) is 18.2 Å². The summed E-state index contributed by atoms with van der Waals surface area (Å²) in [4.78, 5) is 28.0. The van der Waals surface area contributed by atoms with E-state index in [0.717, 1.165) is 32.5 Å². The number of halogens is 2. The van der Waals surface area contributed by atoms with Crippen LogP contribution < -0.4 is 10.6 Å². The molecule has 1 aliphatic rings. The monoisotopic (exact) mass is 465 g/mol. The Morgan fingerprint density at radius 2 is 1.64 bits per heavy atom. The Morgan fingerprint density at radius 3 is 2.33 bits per heavy atom. The molecule has 170 valence electrons. The first-order valence-electron chi connectivity index (χ1n) is 10.9. The van der Waals surface area contributed by atoms with Gasteiger partial charge >= 0.3 is 0 Å². The van der Waals surface area contributed by atoms with E-state index in [1.54, 1.807) is 18.2 Å². The van der Waals surface area contributed by atoms with Crippen LogP contribution in [0.25, 0.3) is 0 Å². The number of rotatable bonds is 6. The normalized spacial score (nSPS) is 14.6. The van der Waals surface area contributed by atoms with Crippen molar-refractivity contribution in [3.05, 3.63) is 100 Å². The van der Waals surface area contributed by atoms with Gasteiger partial charge in [0, 0.05) is 36.3 Å². The number of piperidine rings is 1. The maximum atomic E-state index is 13.2. The molecule has 0 saturated carbocycles. The van der Waals surface area contributed by atoms with Gasteiger partial charge in [0.15, 0.2) is 0 Å². The molecule has 3 aromatic rings. The van der Waals surface area contributed by atoms with E-state index < -0.39 is 11.7 Å². The Morgan fingerprint density at radius 1 is 0.939 bits per heavy atom. The molecule has 1 fully saturated rings. The number of nitrogens with one attached hydrogen (secondary N) is 2. The lowest BCUT2D eigenvalue weighted by atomic mass is 10.0. The van der Waals surface area contributed by atoms with E-state index in [0.29, 0.717) is 16.3 Å². The van der Waals surface area contributed by atoms with Crippen molar-refractivity contribution in [1.29, 1.82) is 0 Å². The van der Waals surface area contributed by atoms with Gasteiger partial charge in [-0.15, -0.1) is 0 Å². The topological polar surface area (TPSA) is 61.4 Å². The SMILES string of the molecule is O=C(Nc1cc(Cl)ccc1C(=O)NC1CCN(Cc2ccccc2)CC1)c1ccc(F)cc1. The van der Waals surface area contributed by atoms with Crippen LogP contribution in [0.15, 0.2) is 72.8 Å². The average molecular weight is 466 g/mol. The summed E-state index contributed by atoms with van der Waals surface area (Å²) >= 11 is 6.11. The summed E-state index contributed by atoms with van der Waals surface area (Å²) in [6.07, 6.45) is 1.70. The molecule has 2 N–H and O–H groups in total. The zero-order chi connectivity index (χ0) is 23.2. The Balaban J connectivity index is 1.37. The lowest BCUT2D eigenvalue weighted by molar-refractivity contribution is 0.0910. The fourth-order valence-corrected chi connectivity index (χ4v) is 4.13. The molecule has 7 heteroatoms. The van der Waals surface area contributed by atoms with Gasteiger partial charge in [-0.3, -0.25) is 14.5 Å². The van der Waals surface area contributed by atoms with Crippen molar-refractivity contribution in [1.82, 2.24) is 10.2 Å². The van der Waals surface area contributed by atoms with Gasteiger partial charge < -0.3 is 10.6 Å². The lowest BCUT2D eigenvalue weighted by Crippen LogP contribution is -2.44. The molecule has 33 heavy (non-hydrogen) atoms. The third-order valence-corrected chi connectivity index (χ3v) is 5.99. The number of likely N-dealkylation sites (tertiary alicyclic amines) is 1. The lowest BCUT2D eigenvalue weighted by Gasteiger charge is -2.32. The maximum absolute atomic E-state index is 13.2. The molecule has 0 atom stereocenters. The van der Waals surface area contributed by atoms with Gasteiger partial charge in [-0.05, 0) is 60.9 Å². The van der Waals surface area contributed by atoms with Crippen molar-refractivity contribution in [3.8, 4) is 0 Å². The van der Waals surface area contributed by atoms with Crippen molar-refractivity contribution < 1.29 is 14.0 Å². The highest BCUT2D eigenvalue weighted by Crippen LogP contribution is 2.23. The second kappa shape index (κ2) is 10.6. The zero-order valence-corrected chi connectivity index (χ0v) is 18.8. The number of benzene rings is 3. The van der Waals surface area contributed by atoms with Gasteiger partial charge in [-0.2, -0.15) is 0 Å². The molecule has 0 bridgehead atoms. The number of hydrogen-bond acceptors (Lipinski definition) is 3. The zero-order valence-electron chi connectivity index (χ0n) is 18.1. The molecule has 2 amide bonds. The van der Waals surface area contributed by atoms with Crippen molar-refractivity contribution in [2.24, 2.45) is 0 Å². The molecule has 1 heterocycles. The largest absolute Gasteiger partial charge is 0.349 e. The molecular weight excluding hydrogens is 441 g/mol. The highest BCUT2D eigenvalue weighted by atomic mass is 35.5. The minimum absolute atomic E-state index is 0.0563. The Kier molecular flexibility index (Phi) is 7.37. The van der Waals surface area contributed by atoms with E-state index in [-0.39, 0.29) is 17.5 Å². The number of carbonyl (C=O) groups is 2. The molecule has 4 rings (SSSR count). The first-order valence-corrected chi connectivity index (χ1v) is 11.3. The summed E-state index contributed by atoms with van der Waals surface area (Å²) in [6, 6.07) is 20.4. The van der Waals surface area contributed by atoms with Crippen LogP contribution in [0.1, 0.15) is 39.1 Å². The summed E-state index contributed by atoms with van der Waals surface area (Å²) in [7, 11) is 0. The Hall–Kier alpha value is -3.22. The summed E-state index contributed by atoms with van der Waals surface area (Å²) in [6.45, 7) is 2.70. The second-order valence-electron chi connectivity index (χ2n) is 8.16. The highest BCUT2D eigenvalue weighted by molar-refractivity contribution is 6.31.